The molecule has 6 nitrogen and oxygen atoms in total. The van der Waals surface area contributed by atoms with Crippen LogP contribution in [0.3, 0.4) is 0 Å². The van der Waals surface area contributed by atoms with Crippen LogP contribution in [0.5, 0.6) is 0 Å². The molecule has 0 aliphatic carbocycles. The van der Waals surface area contributed by atoms with E-state index >= 15 is 0 Å². The third-order valence-electron chi connectivity index (χ3n) is 5.17. The lowest BCUT2D eigenvalue weighted by molar-refractivity contribution is 0.1000. The molecule has 7 heteroatoms. The normalized spacial score (nSPS) is 18.1. The Morgan fingerprint density at radius 3 is 2.50 bits per heavy atom. The number of nitrogens with two attached hydrogens (primary N) is 1. The number of nitrogens with zero attached hydrogens (tertiary/aromatic N) is 1. The van der Waals surface area contributed by atoms with E-state index in [2.05, 4.69) is 33.9 Å². The number of benzene rings is 2. The lowest BCUT2D eigenvalue weighted by Crippen LogP contribution is -2.41. The van der Waals surface area contributed by atoms with Crippen LogP contribution in [0, 0.1) is 5.92 Å². The molecule has 1 atom stereocenters. The molecule has 1 aliphatic rings. The van der Waals surface area contributed by atoms with Crippen LogP contribution in [0.15, 0.2) is 59.5 Å². The van der Waals surface area contributed by atoms with Crippen molar-refractivity contribution in [2.75, 3.05) is 26.2 Å². The van der Waals surface area contributed by atoms with Crippen LogP contribution in [0.4, 0.5) is 0 Å². The number of carbonyl (C=O) groups excluding carboxylic acids is 1. The molecule has 3 N–H and O–H groups in total. The first-order valence-corrected chi connectivity index (χ1v) is 11.1. The Hall–Kier alpha value is -2.22. The van der Waals surface area contributed by atoms with Crippen molar-refractivity contribution in [1.82, 2.24) is 9.62 Å². The van der Waals surface area contributed by atoms with Gasteiger partial charge in [-0.05, 0) is 61.6 Å². The van der Waals surface area contributed by atoms with Gasteiger partial charge in [-0.2, -0.15) is 0 Å². The molecule has 0 aromatic heterocycles. The third-order valence-corrected chi connectivity index (χ3v) is 6.61. The Morgan fingerprint density at radius 2 is 1.82 bits per heavy atom. The average Bonchev–Trinajstić information content (AvgIpc) is 2.72. The number of rotatable bonds is 8. The van der Waals surface area contributed by atoms with Crippen LogP contribution in [0.25, 0.3) is 0 Å². The van der Waals surface area contributed by atoms with E-state index in [-0.39, 0.29) is 4.90 Å². The van der Waals surface area contributed by atoms with Gasteiger partial charge in [0.2, 0.25) is 15.9 Å². The molecule has 1 amide bonds. The van der Waals surface area contributed by atoms with Crippen LogP contribution in [-0.2, 0) is 16.4 Å². The van der Waals surface area contributed by atoms with Gasteiger partial charge < -0.3 is 10.6 Å². The highest BCUT2D eigenvalue weighted by molar-refractivity contribution is 7.89. The molecule has 28 heavy (non-hydrogen) atoms. The highest BCUT2D eigenvalue weighted by Crippen LogP contribution is 2.18. The molecule has 0 unspecified atom stereocenters. The van der Waals surface area contributed by atoms with E-state index < -0.39 is 15.9 Å². The number of amides is 1. The summed E-state index contributed by atoms with van der Waals surface area (Å²) in [5, 5.41) is 0. The minimum atomic E-state index is -3.60. The zero-order valence-electron chi connectivity index (χ0n) is 15.9. The van der Waals surface area contributed by atoms with Gasteiger partial charge in [0.15, 0.2) is 0 Å². The zero-order chi connectivity index (χ0) is 20.0. The summed E-state index contributed by atoms with van der Waals surface area (Å²) in [6.45, 7) is 3.37. The number of primary amides is 1. The highest BCUT2D eigenvalue weighted by atomic mass is 32.2. The maximum absolute atomic E-state index is 12.5. The first-order chi connectivity index (χ1) is 13.4. The standard InChI is InChI=1S/C21H27N3O3S/c22-21(25)19-8-10-20(11-9-19)28(26,27)23-15-18-7-4-13-24(16-18)14-12-17-5-2-1-3-6-17/h1-3,5-6,8-11,18,23H,4,7,12-16H2,(H2,22,25)/t18-/m0/s1. The molecule has 1 heterocycles. The van der Waals surface area contributed by atoms with Gasteiger partial charge >= 0.3 is 0 Å². The minimum absolute atomic E-state index is 0.147. The fraction of sp³-hybridized carbons (Fsp3) is 0.381. The minimum Gasteiger partial charge on any atom is -0.366 e. The Morgan fingerprint density at radius 1 is 1.11 bits per heavy atom. The summed E-state index contributed by atoms with van der Waals surface area (Å²) in [5.41, 5.74) is 6.81. The van der Waals surface area contributed by atoms with E-state index in [0.29, 0.717) is 18.0 Å². The van der Waals surface area contributed by atoms with Crippen molar-refractivity contribution >= 4 is 15.9 Å². The molecule has 0 spiro atoms. The predicted octanol–water partition coefficient (Wildman–Crippen LogP) is 2.02. The topological polar surface area (TPSA) is 92.5 Å². The van der Waals surface area contributed by atoms with E-state index in [9.17, 15) is 13.2 Å². The van der Waals surface area contributed by atoms with E-state index in [1.54, 1.807) is 0 Å². The molecule has 0 saturated carbocycles. The number of likely N-dealkylation sites (tertiary alicyclic amines) is 1. The summed E-state index contributed by atoms with van der Waals surface area (Å²) in [6, 6.07) is 16.1. The Kier molecular flexibility index (Phi) is 6.83. The number of carbonyl (C=O) groups is 1. The summed E-state index contributed by atoms with van der Waals surface area (Å²) in [5.74, 6) is -0.279. The Balaban J connectivity index is 1.51. The van der Waals surface area contributed by atoms with Crippen molar-refractivity contribution in [3.63, 3.8) is 0 Å². The number of hydrogen-bond donors (Lipinski definition) is 2. The van der Waals surface area contributed by atoms with Crippen LogP contribution in [0.2, 0.25) is 0 Å². The number of piperidine rings is 1. The second-order valence-electron chi connectivity index (χ2n) is 7.28. The first-order valence-electron chi connectivity index (χ1n) is 9.60. The second kappa shape index (κ2) is 9.32. The highest BCUT2D eigenvalue weighted by Gasteiger charge is 2.22. The molecule has 150 valence electrons. The molecular weight excluding hydrogens is 374 g/mol. The maximum atomic E-state index is 12.5. The summed E-state index contributed by atoms with van der Waals surface area (Å²) in [7, 11) is -3.60. The molecule has 2 aromatic carbocycles. The van der Waals surface area contributed by atoms with Crippen molar-refractivity contribution in [3.8, 4) is 0 Å². The van der Waals surface area contributed by atoms with Gasteiger partial charge in [0.05, 0.1) is 4.90 Å². The smallest absolute Gasteiger partial charge is 0.248 e. The quantitative estimate of drug-likeness (QED) is 0.708. The summed E-state index contributed by atoms with van der Waals surface area (Å²) >= 11 is 0. The second-order valence-corrected chi connectivity index (χ2v) is 9.05. The molecular formula is C21H27N3O3S. The molecule has 0 radical (unpaired) electrons. The molecule has 0 bridgehead atoms. The molecule has 3 rings (SSSR count). The molecule has 1 fully saturated rings. The van der Waals surface area contributed by atoms with E-state index in [0.717, 1.165) is 38.9 Å². The van der Waals surface area contributed by atoms with Gasteiger partial charge in [-0.3, -0.25) is 4.79 Å². The van der Waals surface area contributed by atoms with Gasteiger partial charge in [0.1, 0.15) is 0 Å². The Bertz CT molecular complexity index is 883. The van der Waals surface area contributed by atoms with Crippen molar-refractivity contribution < 1.29 is 13.2 Å². The van der Waals surface area contributed by atoms with Crippen molar-refractivity contribution in [3.05, 3.63) is 65.7 Å². The van der Waals surface area contributed by atoms with Gasteiger partial charge in [-0.1, -0.05) is 30.3 Å². The number of sulfonamides is 1. The summed E-state index contributed by atoms with van der Waals surface area (Å²) in [6.07, 6.45) is 3.10. The van der Waals surface area contributed by atoms with Crippen molar-refractivity contribution in [2.45, 2.75) is 24.2 Å². The lowest BCUT2D eigenvalue weighted by Gasteiger charge is -2.32. The SMILES string of the molecule is NC(=O)c1ccc(S(=O)(=O)NC[C@@H]2CCCN(CCc3ccccc3)C2)cc1. The van der Waals surface area contributed by atoms with Gasteiger partial charge in [-0.15, -0.1) is 0 Å². The van der Waals surface area contributed by atoms with Gasteiger partial charge in [-0.25, -0.2) is 13.1 Å². The summed E-state index contributed by atoms with van der Waals surface area (Å²) in [4.78, 5) is 13.7. The third kappa shape index (κ3) is 5.64. The van der Waals surface area contributed by atoms with E-state index in [1.165, 1.54) is 29.8 Å². The van der Waals surface area contributed by atoms with E-state index in [1.807, 2.05) is 6.07 Å². The van der Waals surface area contributed by atoms with Crippen molar-refractivity contribution in [1.29, 1.82) is 0 Å². The number of nitrogens with one attached hydrogen (secondary N) is 1. The number of hydrogen-bond acceptors (Lipinski definition) is 4. The van der Waals surface area contributed by atoms with Crippen LogP contribution in [0.1, 0.15) is 28.8 Å². The Labute approximate surface area is 166 Å². The monoisotopic (exact) mass is 401 g/mol. The van der Waals surface area contributed by atoms with Gasteiger partial charge in [0, 0.05) is 25.2 Å². The summed E-state index contributed by atoms with van der Waals surface area (Å²) < 4.78 is 27.7. The fourth-order valence-corrected chi connectivity index (χ4v) is 4.68. The van der Waals surface area contributed by atoms with Crippen LogP contribution in [-0.4, -0.2) is 45.4 Å². The first kappa shape index (κ1) is 20.5. The molecule has 1 aliphatic heterocycles. The van der Waals surface area contributed by atoms with E-state index in [4.69, 9.17) is 5.73 Å². The largest absolute Gasteiger partial charge is 0.366 e. The van der Waals surface area contributed by atoms with Gasteiger partial charge in [0.25, 0.3) is 0 Å². The predicted molar refractivity (Wildman–Crippen MR) is 109 cm³/mol. The van der Waals surface area contributed by atoms with Crippen LogP contribution < -0.4 is 10.5 Å². The van der Waals surface area contributed by atoms with Crippen molar-refractivity contribution in [2.24, 2.45) is 11.7 Å². The molecule has 2 aromatic rings. The average molecular weight is 402 g/mol. The van der Waals surface area contributed by atoms with Crippen LogP contribution >= 0.6 is 0 Å². The fourth-order valence-electron chi connectivity index (χ4n) is 3.56. The molecule has 1 saturated heterocycles. The maximum Gasteiger partial charge on any atom is 0.248 e. The lowest BCUT2D eigenvalue weighted by atomic mass is 9.98. The zero-order valence-corrected chi connectivity index (χ0v) is 16.7.